The number of hydrogen-bond acceptors (Lipinski definition) is 7. The van der Waals surface area contributed by atoms with Gasteiger partial charge in [-0.2, -0.15) is 0 Å². The van der Waals surface area contributed by atoms with Crippen molar-refractivity contribution < 1.29 is 30.7 Å². The summed E-state index contributed by atoms with van der Waals surface area (Å²) in [5.74, 6) is 0. The molecule has 0 radical (unpaired) electrons. The van der Waals surface area contributed by atoms with E-state index in [1.165, 1.54) is 0 Å². The van der Waals surface area contributed by atoms with Gasteiger partial charge in [0.15, 0.2) is 0 Å². The molecular weight excluding hydrogens is 182 g/mol. The van der Waals surface area contributed by atoms with E-state index in [4.69, 9.17) is 30.7 Å². The Morgan fingerprint density at radius 3 is 2.00 bits per heavy atom. The lowest BCUT2D eigenvalue weighted by Gasteiger charge is -2.23. The highest BCUT2D eigenvalue weighted by Gasteiger charge is 2.29. The van der Waals surface area contributed by atoms with E-state index in [1.54, 1.807) is 0 Å². The fourth-order valence-electron chi connectivity index (χ4n) is 0.694. The zero-order valence-corrected chi connectivity index (χ0v) is 6.72. The third-order valence-corrected chi connectivity index (χ3v) is 1.50. The quantitative estimate of drug-likeness (QED) is 0.156. The largest absolute Gasteiger partial charge is 0.411 e. The Labute approximate surface area is 74.2 Å². The predicted molar refractivity (Wildman–Crippen MR) is 41.4 cm³/mol. The van der Waals surface area contributed by atoms with Crippen molar-refractivity contribution in [2.45, 2.75) is 24.4 Å². The van der Waals surface area contributed by atoms with Crippen molar-refractivity contribution in [3.63, 3.8) is 0 Å². The van der Waals surface area contributed by atoms with E-state index in [1.807, 2.05) is 0 Å². The van der Waals surface area contributed by atoms with Crippen molar-refractivity contribution in [3.8, 4) is 0 Å². The number of aliphatic hydroxyl groups excluding tert-OH is 5. The fourth-order valence-corrected chi connectivity index (χ4v) is 0.694. The van der Waals surface area contributed by atoms with Crippen LogP contribution in [0.1, 0.15) is 0 Å². The van der Waals surface area contributed by atoms with Crippen LogP contribution < -0.4 is 0 Å². The lowest BCUT2D eigenvalue weighted by Crippen LogP contribution is -2.46. The third kappa shape index (κ3) is 3.66. The number of oxime groups is 1. The Hall–Kier alpha value is -0.730. The van der Waals surface area contributed by atoms with E-state index in [9.17, 15) is 0 Å². The first-order valence-electron chi connectivity index (χ1n) is 3.55. The standard InChI is InChI=1S/C6H13NO6/c8-2-4(10)6(12)5(11)3(9)1-7-13/h1,3-6,8-13H,2H2/b7-1+/t3-,4+,5-,6+/m0/s1. The van der Waals surface area contributed by atoms with Crippen LogP contribution >= 0.6 is 0 Å². The van der Waals surface area contributed by atoms with Gasteiger partial charge in [-0.05, 0) is 0 Å². The van der Waals surface area contributed by atoms with Crippen molar-refractivity contribution in [2.24, 2.45) is 5.16 Å². The van der Waals surface area contributed by atoms with Gasteiger partial charge < -0.3 is 30.7 Å². The zero-order chi connectivity index (χ0) is 10.4. The SMILES string of the molecule is OC[C@@H](O)[C@@H](O)[C@@H](O)[C@@H](O)/C=N/O. The summed E-state index contributed by atoms with van der Waals surface area (Å²) in [6.45, 7) is -0.749. The van der Waals surface area contributed by atoms with E-state index in [2.05, 4.69) is 5.16 Å². The molecule has 0 unspecified atom stereocenters. The van der Waals surface area contributed by atoms with Crippen LogP contribution in [0.25, 0.3) is 0 Å². The normalized spacial score (nSPS) is 21.3. The molecule has 0 amide bonds. The molecule has 0 rings (SSSR count). The van der Waals surface area contributed by atoms with E-state index in [0.717, 1.165) is 0 Å². The van der Waals surface area contributed by atoms with Crippen LogP contribution in [-0.4, -0.2) is 68.0 Å². The van der Waals surface area contributed by atoms with Crippen molar-refractivity contribution in [1.29, 1.82) is 0 Å². The molecule has 0 saturated carbocycles. The van der Waals surface area contributed by atoms with Gasteiger partial charge >= 0.3 is 0 Å². The lowest BCUT2D eigenvalue weighted by molar-refractivity contribution is -0.100. The second-order valence-corrected chi connectivity index (χ2v) is 2.49. The molecule has 6 N–H and O–H groups in total. The Balaban J connectivity index is 4.15. The Morgan fingerprint density at radius 1 is 1.08 bits per heavy atom. The summed E-state index contributed by atoms with van der Waals surface area (Å²) in [4.78, 5) is 0. The van der Waals surface area contributed by atoms with Crippen LogP contribution in [0.5, 0.6) is 0 Å². The van der Waals surface area contributed by atoms with Gasteiger partial charge in [-0.25, -0.2) is 0 Å². The highest BCUT2D eigenvalue weighted by atomic mass is 16.4. The summed E-state index contributed by atoms with van der Waals surface area (Å²) < 4.78 is 0. The monoisotopic (exact) mass is 195 g/mol. The number of hydrogen-bond donors (Lipinski definition) is 6. The summed E-state index contributed by atoms with van der Waals surface area (Å²) in [5, 5.41) is 54.6. The van der Waals surface area contributed by atoms with Crippen LogP contribution in [0.3, 0.4) is 0 Å². The van der Waals surface area contributed by atoms with Crippen molar-refractivity contribution in [3.05, 3.63) is 0 Å². The molecule has 7 heteroatoms. The molecule has 0 spiro atoms. The average Bonchev–Trinajstić information content (AvgIpc) is 2.14. The number of aliphatic hydroxyl groups is 5. The summed E-state index contributed by atoms with van der Waals surface area (Å²) in [5.41, 5.74) is 0. The zero-order valence-electron chi connectivity index (χ0n) is 6.72. The summed E-state index contributed by atoms with van der Waals surface area (Å²) in [7, 11) is 0. The molecule has 0 aliphatic carbocycles. The minimum Gasteiger partial charge on any atom is -0.411 e. The molecule has 0 bridgehead atoms. The molecule has 0 aliphatic rings. The molecule has 0 aromatic carbocycles. The maximum Gasteiger partial charge on any atom is 0.121 e. The van der Waals surface area contributed by atoms with Gasteiger partial charge in [0.2, 0.25) is 0 Å². The highest BCUT2D eigenvalue weighted by Crippen LogP contribution is 2.03. The van der Waals surface area contributed by atoms with Crippen LogP contribution in [0.15, 0.2) is 5.16 Å². The van der Waals surface area contributed by atoms with E-state index >= 15 is 0 Å². The van der Waals surface area contributed by atoms with Crippen LogP contribution in [0.4, 0.5) is 0 Å². The molecule has 0 aliphatic heterocycles. The van der Waals surface area contributed by atoms with Crippen LogP contribution in [0.2, 0.25) is 0 Å². The van der Waals surface area contributed by atoms with Gasteiger partial charge in [0, 0.05) is 0 Å². The second kappa shape index (κ2) is 5.84. The molecule has 78 valence electrons. The molecule has 0 aromatic rings. The van der Waals surface area contributed by atoms with Gasteiger partial charge in [-0.15, -0.1) is 0 Å². The van der Waals surface area contributed by atoms with Crippen LogP contribution in [-0.2, 0) is 0 Å². The predicted octanol–water partition coefficient (Wildman–Crippen LogP) is -3.12. The molecule has 0 aromatic heterocycles. The first-order valence-corrected chi connectivity index (χ1v) is 3.55. The van der Waals surface area contributed by atoms with Gasteiger partial charge in [0.25, 0.3) is 0 Å². The minimum atomic E-state index is -1.72. The summed E-state index contributed by atoms with van der Waals surface area (Å²) >= 11 is 0. The van der Waals surface area contributed by atoms with E-state index < -0.39 is 31.0 Å². The van der Waals surface area contributed by atoms with Crippen LogP contribution in [0, 0.1) is 0 Å². The Kier molecular flexibility index (Phi) is 5.51. The molecule has 13 heavy (non-hydrogen) atoms. The first-order chi connectivity index (χ1) is 6.04. The fraction of sp³-hybridized carbons (Fsp3) is 0.833. The van der Waals surface area contributed by atoms with Gasteiger partial charge in [-0.3, -0.25) is 0 Å². The van der Waals surface area contributed by atoms with Gasteiger partial charge in [0.05, 0.1) is 12.8 Å². The first kappa shape index (κ1) is 12.3. The number of nitrogens with zero attached hydrogens (tertiary/aromatic N) is 1. The maximum atomic E-state index is 9.05. The summed E-state index contributed by atoms with van der Waals surface area (Å²) in [6.07, 6.45) is -6.02. The third-order valence-electron chi connectivity index (χ3n) is 1.50. The summed E-state index contributed by atoms with van der Waals surface area (Å²) in [6, 6.07) is 0. The van der Waals surface area contributed by atoms with Crippen molar-refractivity contribution >= 4 is 6.21 Å². The molecule has 0 fully saturated rings. The maximum absolute atomic E-state index is 9.05. The Morgan fingerprint density at radius 2 is 1.62 bits per heavy atom. The molecule has 4 atom stereocenters. The molecule has 0 saturated heterocycles. The number of rotatable bonds is 5. The lowest BCUT2D eigenvalue weighted by atomic mass is 10.0. The minimum absolute atomic E-state index is 0.581. The Bertz CT molecular complexity index is 163. The second-order valence-electron chi connectivity index (χ2n) is 2.49. The molecule has 0 heterocycles. The van der Waals surface area contributed by atoms with Gasteiger partial charge in [-0.1, -0.05) is 5.16 Å². The van der Waals surface area contributed by atoms with Crippen molar-refractivity contribution in [1.82, 2.24) is 0 Å². The highest BCUT2D eigenvalue weighted by molar-refractivity contribution is 5.62. The molecule has 7 nitrogen and oxygen atoms in total. The van der Waals surface area contributed by atoms with E-state index in [0.29, 0.717) is 6.21 Å². The molecular formula is C6H13NO6. The average molecular weight is 195 g/mol. The van der Waals surface area contributed by atoms with Crippen molar-refractivity contribution in [2.75, 3.05) is 6.61 Å². The topological polar surface area (TPSA) is 134 Å². The van der Waals surface area contributed by atoms with E-state index in [-0.39, 0.29) is 0 Å². The smallest absolute Gasteiger partial charge is 0.121 e. The van der Waals surface area contributed by atoms with Gasteiger partial charge in [0.1, 0.15) is 24.4 Å².